The third-order valence-corrected chi connectivity index (χ3v) is 3.46. The van der Waals surface area contributed by atoms with Gasteiger partial charge in [0.25, 0.3) is 0 Å². The second-order valence-electron chi connectivity index (χ2n) is 3.66. The maximum Gasteiger partial charge on any atom is 0.119 e. The van der Waals surface area contributed by atoms with Crippen LogP contribution in [0.15, 0.2) is 18.2 Å². The predicted molar refractivity (Wildman–Crippen MR) is 51.9 cm³/mol. The van der Waals surface area contributed by atoms with Crippen LogP contribution in [0.2, 0.25) is 0 Å². The molecule has 0 aliphatic carbocycles. The summed E-state index contributed by atoms with van der Waals surface area (Å²) in [7, 11) is -1.31. The van der Waals surface area contributed by atoms with E-state index >= 15 is 0 Å². The van der Waals surface area contributed by atoms with Crippen LogP contribution in [0.3, 0.4) is 0 Å². The molecule has 0 saturated heterocycles. The number of rotatable bonds is 1. The van der Waals surface area contributed by atoms with E-state index in [2.05, 4.69) is 20.0 Å². The molecular formula is C9H13O2P. The number of aromatic hydroxyl groups is 1. The number of phenolic OH excluding ortho intramolecular Hbond substituents is 1. The highest BCUT2D eigenvalue weighted by Gasteiger charge is 2.22. The van der Waals surface area contributed by atoms with Gasteiger partial charge in [0.1, 0.15) is 5.75 Å². The summed E-state index contributed by atoms with van der Waals surface area (Å²) >= 11 is 0. The van der Waals surface area contributed by atoms with Gasteiger partial charge >= 0.3 is 0 Å². The van der Waals surface area contributed by atoms with E-state index in [0.717, 1.165) is 5.30 Å². The van der Waals surface area contributed by atoms with E-state index in [9.17, 15) is 10.2 Å². The minimum atomic E-state index is -1.31. The standard InChI is InChI=1S/C9H13O2P/c1-12(2,3)9-6-7(10)4-5-8(9)11/h4-6H,1-3H3,(H-,10,11). The van der Waals surface area contributed by atoms with Gasteiger partial charge < -0.3 is 10.2 Å². The summed E-state index contributed by atoms with van der Waals surface area (Å²) in [6, 6.07) is 4.44. The van der Waals surface area contributed by atoms with Crippen LogP contribution in [0.4, 0.5) is 0 Å². The van der Waals surface area contributed by atoms with Gasteiger partial charge in [0, 0.05) is 13.3 Å². The highest BCUT2D eigenvalue weighted by atomic mass is 31.2. The quantitative estimate of drug-likeness (QED) is 0.661. The fourth-order valence-electron chi connectivity index (χ4n) is 1.03. The first-order chi connectivity index (χ1) is 5.41. The molecule has 0 unspecified atom stereocenters. The van der Waals surface area contributed by atoms with E-state index in [1.807, 2.05) is 0 Å². The van der Waals surface area contributed by atoms with Crippen LogP contribution in [0.5, 0.6) is 11.5 Å². The second-order valence-corrected chi connectivity index (χ2v) is 8.17. The van der Waals surface area contributed by atoms with Crippen LogP contribution in [-0.4, -0.2) is 25.1 Å². The third-order valence-electron chi connectivity index (χ3n) is 1.67. The van der Waals surface area contributed by atoms with E-state index in [1.165, 1.54) is 12.1 Å². The van der Waals surface area contributed by atoms with Crippen molar-refractivity contribution in [3.8, 4) is 11.5 Å². The average Bonchev–Trinajstić information content (AvgIpc) is 1.92. The molecule has 1 rings (SSSR count). The summed E-state index contributed by atoms with van der Waals surface area (Å²) in [6.07, 6.45) is 0. The van der Waals surface area contributed by atoms with Gasteiger partial charge in [-0.2, -0.15) is 0 Å². The van der Waals surface area contributed by atoms with Gasteiger partial charge in [-0.3, -0.25) is 0 Å². The monoisotopic (exact) mass is 184 g/mol. The lowest BCUT2D eigenvalue weighted by atomic mass is 10.3. The average molecular weight is 184 g/mol. The number of hydrogen-bond donors (Lipinski definition) is 1. The van der Waals surface area contributed by atoms with Gasteiger partial charge in [0.15, 0.2) is 0 Å². The molecule has 0 radical (unpaired) electrons. The molecule has 0 atom stereocenters. The Balaban J connectivity index is 3.23. The van der Waals surface area contributed by atoms with Crippen molar-refractivity contribution in [3.05, 3.63) is 18.2 Å². The normalized spacial score (nSPS) is 11.6. The van der Waals surface area contributed by atoms with E-state index < -0.39 is 7.26 Å². The van der Waals surface area contributed by atoms with Crippen LogP contribution in [0.25, 0.3) is 0 Å². The van der Waals surface area contributed by atoms with Gasteiger partial charge in [-0.05, 0) is 6.07 Å². The van der Waals surface area contributed by atoms with Gasteiger partial charge in [0.05, 0.1) is 25.3 Å². The summed E-state index contributed by atoms with van der Waals surface area (Å²) in [6.45, 7) is 6.18. The largest absolute Gasteiger partial charge is 0.870 e. The molecule has 1 N–H and O–H groups in total. The highest BCUT2D eigenvalue weighted by Crippen LogP contribution is 2.47. The fraction of sp³-hybridized carbons (Fsp3) is 0.333. The molecule has 0 aromatic heterocycles. The van der Waals surface area contributed by atoms with Crippen molar-refractivity contribution in [2.45, 2.75) is 0 Å². The van der Waals surface area contributed by atoms with Crippen molar-refractivity contribution in [1.29, 1.82) is 0 Å². The maximum absolute atomic E-state index is 11.3. The number of hydrogen-bond acceptors (Lipinski definition) is 2. The Hall–Kier alpha value is -0.750. The van der Waals surface area contributed by atoms with E-state index in [0.29, 0.717) is 0 Å². The second kappa shape index (κ2) is 2.95. The third kappa shape index (κ3) is 1.89. The predicted octanol–water partition coefficient (Wildman–Crippen LogP) is 0.998. The van der Waals surface area contributed by atoms with Crippen LogP contribution < -0.4 is 10.4 Å². The molecule has 0 fully saturated rings. The Morgan fingerprint density at radius 1 is 1.25 bits per heavy atom. The maximum atomic E-state index is 11.3. The molecule has 0 bridgehead atoms. The van der Waals surface area contributed by atoms with Crippen LogP contribution in [-0.2, 0) is 0 Å². The zero-order valence-corrected chi connectivity index (χ0v) is 8.43. The Morgan fingerprint density at radius 2 is 1.83 bits per heavy atom. The Labute approximate surface area is 73.2 Å². The lowest BCUT2D eigenvalue weighted by Gasteiger charge is -2.18. The van der Waals surface area contributed by atoms with E-state index in [4.69, 9.17) is 0 Å². The van der Waals surface area contributed by atoms with Gasteiger partial charge in [-0.15, -0.1) is 0 Å². The molecular weight excluding hydrogens is 171 g/mol. The molecule has 0 aliphatic heterocycles. The minimum Gasteiger partial charge on any atom is -0.870 e. The number of benzene rings is 1. The molecule has 3 heteroatoms. The molecule has 0 aliphatic rings. The van der Waals surface area contributed by atoms with E-state index in [-0.39, 0.29) is 11.5 Å². The lowest BCUT2D eigenvalue weighted by molar-refractivity contribution is -0.266. The lowest BCUT2D eigenvalue weighted by Crippen LogP contribution is -2.13. The molecule has 1 aromatic carbocycles. The Morgan fingerprint density at radius 3 is 2.25 bits per heavy atom. The molecule has 66 valence electrons. The molecule has 1 aromatic rings. The van der Waals surface area contributed by atoms with Crippen molar-refractivity contribution in [1.82, 2.24) is 0 Å². The molecule has 2 nitrogen and oxygen atoms in total. The zero-order chi connectivity index (χ0) is 9.35. The number of phenols is 1. The first-order valence-corrected chi connectivity index (χ1v) is 6.86. The molecule has 0 saturated carbocycles. The summed E-state index contributed by atoms with van der Waals surface area (Å²) in [5.74, 6) is 0.216. The van der Waals surface area contributed by atoms with Crippen molar-refractivity contribution in [2.75, 3.05) is 20.0 Å². The van der Waals surface area contributed by atoms with Crippen LogP contribution in [0.1, 0.15) is 0 Å². The SMILES string of the molecule is C[P+](C)(C)c1cc(O)ccc1[O-]. The molecule has 0 spiro atoms. The minimum absolute atomic E-state index is 0.0358. The first kappa shape index (κ1) is 9.34. The highest BCUT2D eigenvalue weighted by molar-refractivity contribution is 7.81. The van der Waals surface area contributed by atoms with Crippen LogP contribution in [0, 0.1) is 0 Å². The summed E-state index contributed by atoms with van der Waals surface area (Å²) in [5, 5.41) is 21.3. The topological polar surface area (TPSA) is 43.3 Å². The van der Waals surface area contributed by atoms with Gasteiger partial charge in [0.2, 0.25) is 0 Å². The van der Waals surface area contributed by atoms with Gasteiger partial charge in [-0.25, -0.2) is 0 Å². The van der Waals surface area contributed by atoms with Crippen LogP contribution >= 0.6 is 7.26 Å². The Kier molecular flexibility index (Phi) is 2.29. The van der Waals surface area contributed by atoms with Crippen molar-refractivity contribution < 1.29 is 10.2 Å². The Bertz CT molecular complexity index is 289. The summed E-state index contributed by atoms with van der Waals surface area (Å²) < 4.78 is 0. The summed E-state index contributed by atoms with van der Waals surface area (Å²) in [5.41, 5.74) is 0. The van der Waals surface area contributed by atoms with Crippen molar-refractivity contribution >= 4 is 12.6 Å². The molecule has 0 heterocycles. The van der Waals surface area contributed by atoms with E-state index in [1.54, 1.807) is 6.07 Å². The fourth-order valence-corrected chi connectivity index (χ4v) is 2.29. The first-order valence-electron chi connectivity index (χ1n) is 3.73. The van der Waals surface area contributed by atoms with Crippen molar-refractivity contribution in [2.24, 2.45) is 0 Å². The molecule has 12 heavy (non-hydrogen) atoms. The smallest absolute Gasteiger partial charge is 0.119 e. The summed E-state index contributed by atoms with van der Waals surface area (Å²) in [4.78, 5) is 0. The van der Waals surface area contributed by atoms with Gasteiger partial charge in [-0.1, -0.05) is 11.8 Å². The molecule has 0 amide bonds. The van der Waals surface area contributed by atoms with Crippen molar-refractivity contribution in [3.63, 3.8) is 0 Å². The zero-order valence-electron chi connectivity index (χ0n) is 7.53.